The molecule has 0 bridgehead atoms. The number of carbonyl (C=O) groups excluding carboxylic acids is 6. The van der Waals surface area contributed by atoms with Crippen LogP contribution in [-0.4, -0.2) is 48.8 Å². The van der Waals surface area contributed by atoms with E-state index in [9.17, 15) is 0 Å². The highest BCUT2D eigenvalue weighted by Gasteiger charge is 2.58. The van der Waals surface area contributed by atoms with Crippen LogP contribution in [0.15, 0.2) is 182 Å². The second-order valence-corrected chi connectivity index (χ2v) is 15.5. The molecule has 0 amide bonds. The average molecular weight is 697 g/mol. The Bertz CT molecular complexity index is 1780. The van der Waals surface area contributed by atoms with Crippen LogP contribution in [0.25, 0.3) is 0 Å². The minimum absolute atomic E-state index is 0.158. The third-order valence-corrected chi connectivity index (χ3v) is 13.3. The molecule has 0 fully saturated rings. The molecule has 0 aromatic heterocycles. The predicted octanol–water partition coefficient (Wildman–Crippen LogP) is 8.89. The molecule has 0 aliphatic heterocycles. The van der Waals surface area contributed by atoms with Crippen LogP contribution in [0.4, 0.5) is 0 Å². The Hall–Kier alpha value is -6.13. The molecule has 0 spiro atoms. The van der Waals surface area contributed by atoms with E-state index in [0.717, 1.165) is 0 Å². The summed E-state index contributed by atoms with van der Waals surface area (Å²) in [6, 6.07) is 48.8. The third kappa shape index (κ3) is 7.77. The first-order valence-corrected chi connectivity index (χ1v) is 18.9. The first-order chi connectivity index (χ1) is 25.4. The van der Waals surface area contributed by atoms with Crippen LogP contribution in [0.5, 0.6) is 0 Å². The van der Waals surface area contributed by atoms with Crippen molar-refractivity contribution in [1.82, 2.24) is 0 Å². The van der Waals surface area contributed by atoms with E-state index in [-0.39, 0.29) is 33.4 Å². The zero-order chi connectivity index (χ0) is 36.5. The molecule has 252 valence electrons. The summed E-state index contributed by atoms with van der Waals surface area (Å²) < 4.78 is -5.04. The lowest BCUT2D eigenvalue weighted by Crippen LogP contribution is -2.50. The Morgan fingerprint density at radius 2 is 0.385 bits per heavy atom. The van der Waals surface area contributed by atoms with E-state index in [4.69, 9.17) is 0 Å². The molecular weight excluding hydrogens is 663 g/mol. The Morgan fingerprint density at radius 3 is 0.519 bits per heavy atom. The van der Waals surface area contributed by atoms with Gasteiger partial charge in [-0.2, -0.15) is 0 Å². The molecule has 0 saturated carbocycles. The van der Waals surface area contributed by atoms with Gasteiger partial charge >= 0.3 is 14.1 Å². The van der Waals surface area contributed by atoms with Crippen LogP contribution in [0, 0.1) is 0 Å². The zero-order valence-electron chi connectivity index (χ0n) is 28.1. The van der Waals surface area contributed by atoms with Crippen LogP contribution in [0.2, 0.25) is 14.3 Å². The van der Waals surface area contributed by atoms with Crippen molar-refractivity contribution in [3.05, 3.63) is 215 Å². The van der Waals surface area contributed by atoms with Gasteiger partial charge in [0.15, 0.2) is 34.7 Å². The van der Waals surface area contributed by atoms with E-state index in [1.165, 1.54) is 0 Å². The van der Waals surface area contributed by atoms with Gasteiger partial charge in [0.1, 0.15) is 0 Å². The van der Waals surface area contributed by atoms with Crippen molar-refractivity contribution in [2.24, 2.45) is 0 Å². The van der Waals surface area contributed by atoms with Gasteiger partial charge in [0.05, 0.1) is 0 Å². The summed E-state index contributed by atoms with van der Waals surface area (Å²) in [6.45, 7) is 0. The first kappa shape index (κ1) is 35.7. The largest absolute Gasteiger partial charge is 0.340 e. The Labute approximate surface area is 306 Å². The molecule has 6 aromatic rings. The molecule has 0 heterocycles. The summed E-state index contributed by atoms with van der Waals surface area (Å²) in [6.07, 6.45) is 0. The smallest absolute Gasteiger partial charge is 0.295 e. The van der Waals surface area contributed by atoms with Gasteiger partial charge in [0, 0.05) is 47.7 Å². The Kier molecular flexibility index (Phi) is 11.5. The summed E-state index contributed by atoms with van der Waals surface area (Å²) >= 11 is -4.04. The van der Waals surface area contributed by atoms with Gasteiger partial charge in [-0.15, -0.1) is 0 Å². The highest BCUT2D eigenvalue weighted by Crippen LogP contribution is 2.42. The van der Waals surface area contributed by atoms with Crippen molar-refractivity contribution in [1.29, 1.82) is 0 Å². The highest BCUT2D eigenvalue weighted by molar-refractivity contribution is 6.86. The van der Waals surface area contributed by atoms with Crippen molar-refractivity contribution in [3.8, 4) is 0 Å². The van der Waals surface area contributed by atoms with E-state index in [2.05, 4.69) is 0 Å². The van der Waals surface area contributed by atoms with Crippen molar-refractivity contribution in [2.75, 3.05) is 0 Å². The molecule has 0 unspecified atom stereocenters. The summed E-state index contributed by atoms with van der Waals surface area (Å²) in [5, 5.41) is 0. The van der Waals surface area contributed by atoms with Crippen molar-refractivity contribution in [2.45, 2.75) is 14.3 Å². The quantitative estimate of drug-likeness (QED) is 0.0604. The topological polar surface area (TPSA) is 102 Å². The van der Waals surface area contributed by atoms with Gasteiger partial charge in [0.25, 0.3) is 0 Å². The lowest BCUT2D eigenvalue weighted by molar-refractivity contribution is 0.0879. The summed E-state index contributed by atoms with van der Waals surface area (Å²) in [4.78, 5) is 90.1. The van der Waals surface area contributed by atoms with Crippen molar-refractivity contribution in [3.63, 3.8) is 0 Å². The SMILES string of the molecule is O=C(c1ccccc1)[CH](C(=O)c1ccccc1)[Al]([CH](C(=O)c1ccccc1)C(=O)c1ccccc1)[CH](C(=O)c1ccccc1)C(=O)c1ccccc1. The lowest BCUT2D eigenvalue weighted by atomic mass is 9.99. The van der Waals surface area contributed by atoms with Crippen LogP contribution in [0.1, 0.15) is 62.1 Å². The number of rotatable bonds is 15. The van der Waals surface area contributed by atoms with Gasteiger partial charge in [-0.25, -0.2) is 0 Å². The summed E-state index contributed by atoms with van der Waals surface area (Å²) in [5.41, 5.74) is 0.947. The fourth-order valence-corrected chi connectivity index (χ4v) is 11.1. The second-order valence-electron chi connectivity index (χ2n) is 12.4. The van der Waals surface area contributed by atoms with Crippen LogP contribution in [-0.2, 0) is 0 Å². The third-order valence-electron chi connectivity index (χ3n) is 9.20. The summed E-state index contributed by atoms with van der Waals surface area (Å²) in [5.74, 6) is -3.97. The molecule has 6 rings (SSSR count). The van der Waals surface area contributed by atoms with Crippen LogP contribution >= 0.6 is 0 Å². The number of hydrogen-bond donors (Lipinski definition) is 0. The number of hydrogen-bond acceptors (Lipinski definition) is 6. The maximum absolute atomic E-state index is 15.0. The molecule has 6 aromatic carbocycles. The zero-order valence-corrected chi connectivity index (χ0v) is 29.2. The van der Waals surface area contributed by atoms with E-state index in [0.29, 0.717) is 0 Å². The Balaban J connectivity index is 1.71. The van der Waals surface area contributed by atoms with Crippen LogP contribution in [0.3, 0.4) is 0 Å². The average Bonchev–Trinajstić information content (AvgIpc) is 3.22. The van der Waals surface area contributed by atoms with Gasteiger partial charge in [-0.1, -0.05) is 182 Å². The molecule has 0 aliphatic carbocycles. The molecule has 52 heavy (non-hydrogen) atoms. The predicted molar refractivity (Wildman–Crippen MR) is 202 cm³/mol. The number of benzene rings is 6. The van der Waals surface area contributed by atoms with Crippen LogP contribution < -0.4 is 0 Å². The van der Waals surface area contributed by atoms with E-state index < -0.39 is 63.2 Å². The fourth-order valence-electron chi connectivity index (χ4n) is 6.68. The minimum Gasteiger partial charge on any atom is -0.295 e. The van der Waals surface area contributed by atoms with Gasteiger partial charge in [-0.05, 0) is 0 Å². The maximum atomic E-state index is 15.0. The van der Waals surface area contributed by atoms with E-state index >= 15 is 28.8 Å². The molecule has 0 aliphatic rings. The van der Waals surface area contributed by atoms with Gasteiger partial charge < -0.3 is 0 Å². The van der Waals surface area contributed by atoms with Gasteiger partial charge in [-0.3, -0.25) is 28.8 Å². The summed E-state index contributed by atoms with van der Waals surface area (Å²) in [7, 11) is 0. The number of carbonyl (C=O) groups is 6. The number of ketones is 6. The molecule has 0 atom stereocenters. The molecule has 6 nitrogen and oxygen atoms in total. The van der Waals surface area contributed by atoms with Gasteiger partial charge in [0.2, 0.25) is 0 Å². The van der Waals surface area contributed by atoms with Crippen molar-refractivity contribution >= 4 is 48.8 Å². The lowest BCUT2D eigenvalue weighted by Gasteiger charge is -2.32. The highest BCUT2D eigenvalue weighted by atomic mass is 27.2. The monoisotopic (exact) mass is 696 g/mol. The molecule has 7 heteroatoms. The van der Waals surface area contributed by atoms with Crippen molar-refractivity contribution < 1.29 is 28.8 Å². The van der Waals surface area contributed by atoms with E-state index in [1.807, 2.05) is 0 Å². The molecule has 0 N–H and O–H groups in total. The number of Topliss-reactive ketones (excluding diaryl/α,β-unsaturated/α-hetero) is 6. The molecular formula is C45H33AlO6. The second kappa shape index (κ2) is 16.7. The Morgan fingerprint density at radius 1 is 0.250 bits per heavy atom. The molecule has 0 saturated heterocycles. The fraction of sp³-hybridized carbons (Fsp3) is 0.0667. The first-order valence-electron chi connectivity index (χ1n) is 16.9. The minimum atomic E-state index is -4.04. The molecule has 0 radical (unpaired) electrons. The maximum Gasteiger partial charge on any atom is 0.340 e. The normalized spacial score (nSPS) is 10.9. The standard InChI is InChI=1S/3C15H11O2.Al/c3*16-14(12-7-3-1-4-8-12)11-15(17)13-9-5-2-6-10-13;/h3*1-11H;. The van der Waals surface area contributed by atoms with E-state index in [1.54, 1.807) is 182 Å².